The predicted molar refractivity (Wildman–Crippen MR) is 83.4 cm³/mol. The third-order valence-electron chi connectivity index (χ3n) is 4.44. The van der Waals surface area contributed by atoms with E-state index < -0.39 is 0 Å². The zero-order valence-electron chi connectivity index (χ0n) is 13.1. The lowest BCUT2D eigenvalue weighted by molar-refractivity contribution is 0.699. The minimum absolute atomic E-state index is 0.688. The standard InChI is InChI=1S/C16H23N5/c1-10-11(2)18-16(19-12(10)3)17-9-15-13-7-5-4-6-8-14(13)20-21-15/h4-9H2,1-3H3,(H,20,21)(H,17,18,19). The SMILES string of the molecule is Cc1nc(NCc2n[nH]c3c2CCCCC3)nc(C)c1C. The van der Waals surface area contributed by atoms with Crippen molar-refractivity contribution in [2.75, 3.05) is 5.32 Å². The number of nitrogens with zero attached hydrogens (tertiary/aromatic N) is 3. The van der Waals surface area contributed by atoms with Gasteiger partial charge in [-0.25, -0.2) is 9.97 Å². The fourth-order valence-electron chi connectivity index (χ4n) is 2.89. The molecule has 3 rings (SSSR count). The van der Waals surface area contributed by atoms with E-state index in [9.17, 15) is 0 Å². The highest BCUT2D eigenvalue weighted by Crippen LogP contribution is 2.22. The van der Waals surface area contributed by atoms with Gasteiger partial charge in [0.1, 0.15) is 0 Å². The Bertz CT molecular complexity index is 621. The second-order valence-corrected chi connectivity index (χ2v) is 5.88. The lowest BCUT2D eigenvalue weighted by atomic mass is 10.1. The Labute approximate surface area is 125 Å². The summed E-state index contributed by atoms with van der Waals surface area (Å²) in [5.41, 5.74) is 7.07. The van der Waals surface area contributed by atoms with Crippen LogP contribution >= 0.6 is 0 Å². The van der Waals surface area contributed by atoms with Gasteiger partial charge in [-0.1, -0.05) is 6.42 Å². The van der Waals surface area contributed by atoms with Crippen LogP contribution in [0.4, 0.5) is 5.95 Å². The third kappa shape index (κ3) is 2.91. The molecule has 1 aliphatic rings. The van der Waals surface area contributed by atoms with Crippen LogP contribution in [0.25, 0.3) is 0 Å². The van der Waals surface area contributed by atoms with E-state index in [-0.39, 0.29) is 0 Å². The zero-order chi connectivity index (χ0) is 14.8. The van der Waals surface area contributed by atoms with E-state index in [4.69, 9.17) is 0 Å². The van der Waals surface area contributed by atoms with Crippen LogP contribution in [0.15, 0.2) is 0 Å². The van der Waals surface area contributed by atoms with Crippen LogP contribution in [0.1, 0.15) is 53.2 Å². The van der Waals surface area contributed by atoms with Crippen LogP contribution in [0.2, 0.25) is 0 Å². The highest BCUT2D eigenvalue weighted by Gasteiger charge is 2.15. The van der Waals surface area contributed by atoms with Crippen LogP contribution in [0.5, 0.6) is 0 Å². The fraction of sp³-hybridized carbons (Fsp3) is 0.562. The first kappa shape index (κ1) is 14.0. The largest absolute Gasteiger partial charge is 0.348 e. The Morgan fingerprint density at radius 1 is 1.00 bits per heavy atom. The Morgan fingerprint density at radius 3 is 2.48 bits per heavy atom. The van der Waals surface area contributed by atoms with E-state index in [1.807, 2.05) is 13.8 Å². The van der Waals surface area contributed by atoms with Gasteiger partial charge in [-0.05, 0) is 57.6 Å². The van der Waals surface area contributed by atoms with Crippen molar-refractivity contribution in [1.82, 2.24) is 20.2 Å². The van der Waals surface area contributed by atoms with Crippen molar-refractivity contribution >= 4 is 5.95 Å². The number of nitrogens with one attached hydrogen (secondary N) is 2. The van der Waals surface area contributed by atoms with Crippen molar-refractivity contribution in [3.8, 4) is 0 Å². The number of anilines is 1. The van der Waals surface area contributed by atoms with Gasteiger partial charge in [-0.3, -0.25) is 5.10 Å². The Balaban J connectivity index is 1.75. The Morgan fingerprint density at radius 2 is 1.71 bits per heavy atom. The summed E-state index contributed by atoms with van der Waals surface area (Å²) in [5, 5.41) is 11.0. The Kier molecular flexibility index (Phi) is 3.90. The normalized spacial score (nSPS) is 14.6. The topological polar surface area (TPSA) is 66.5 Å². The molecule has 2 aromatic rings. The molecule has 5 heteroatoms. The summed E-state index contributed by atoms with van der Waals surface area (Å²) < 4.78 is 0. The molecule has 2 heterocycles. The van der Waals surface area contributed by atoms with E-state index in [1.165, 1.54) is 30.5 Å². The average molecular weight is 285 g/mol. The molecule has 0 aromatic carbocycles. The number of hydrogen-bond donors (Lipinski definition) is 2. The monoisotopic (exact) mass is 285 g/mol. The molecule has 1 aliphatic carbocycles. The maximum absolute atomic E-state index is 4.50. The molecular weight excluding hydrogens is 262 g/mol. The lowest BCUT2D eigenvalue weighted by Gasteiger charge is -2.09. The number of aromatic nitrogens is 4. The number of fused-ring (bicyclic) bond motifs is 1. The van der Waals surface area contributed by atoms with Gasteiger partial charge < -0.3 is 5.32 Å². The molecule has 0 unspecified atom stereocenters. The Hall–Kier alpha value is -1.91. The summed E-state index contributed by atoms with van der Waals surface area (Å²) in [6, 6.07) is 0. The molecular formula is C16H23N5. The van der Waals surface area contributed by atoms with Gasteiger partial charge in [-0.15, -0.1) is 0 Å². The van der Waals surface area contributed by atoms with E-state index in [2.05, 4.69) is 32.4 Å². The first-order chi connectivity index (χ1) is 10.1. The summed E-state index contributed by atoms with van der Waals surface area (Å²) in [7, 11) is 0. The number of H-pyrrole nitrogens is 1. The highest BCUT2D eigenvalue weighted by molar-refractivity contribution is 5.35. The van der Waals surface area contributed by atoms with Gasteiger partial charge in [0.2, 0.25) is 5.95 Å². The quantitative estimate of drug-likeness (QED) is 0.851. The lowest BCUT2D eigenvalue weighted by Crippen LogP contribution is -2.08. The minimum Gasteiger partial charge on any atom is -0.348 e. The van der Waals surface area contributed by atoms with Gasteiger partial charge in [0.25, 0.3) is 0 Å². The second kappa shape index (κ2) is 5.84. The summed E-state index contributed by atoms with van der Waals surface area (Å²) in [4.78, 5) is 9.01. The molecule has 0 atom stereocenters. The summed E-state index contributed by atoms with van der Waals surface area (Å²) in [6.45, 7) is 6.79. The number of rotatable bonds is 3. The predicted octanol–water partition coefficient (Wildman–Crippen LogP) is 3.01. The summed E-state index contributed by atoms with van der Waals surface area (Å²) >= 11 is 0. The number of hydrogen-bond acceptors (Lipinski definition) is 4. The van der Waals surface area contributed by atoms with E-state index in [1.54, 1.807) is 0 Å². The molecule has 0 radical (unpaired) electrons. The summed E-state index contributed by atoms with van der Waals surface area (Å²) in [5.74, 6) is 0.695. The third-order valence-corrected chi connectivity index (χ3v) is 4.44. The molecule has 0 fully saturated rings. The van der Waals surface area contributed by atoms with Gasteiger partial charge in [0, 0.05) is 17.1 Å². The number of aromatic amines is 1. The van der Waals surface area contributed by atoms with Gasteiger partial charge in [0.15, 0.2) is 0 Å². The second-order valence-electron chi connectivity index (χ2n) is 5.88. The minimum atomic E-state index is 0.688. The van der Waals surface area contributed by atoms with Crippen molar-refractivity contribution in [1.29, 1.82) is 0 Å². The molecule has 0 bridgehead atoms. The van der Waals surface area contributed by atoms with Crippen LogP contribution in [-0.2, 0) is 19.4 Å². The smallest absolute Gasteiger partial charge is 0.223 e. The van der Waals surface area contributed by atoms with Crippen molar-refractivity contribution in [3.05, 3.63) is 33.9 Å². The molecule has 0 amide bonds. The van der Waals surface area contributed by atoms with E-state index >= 15 is 0 Å². The van der Waals surface area contributed by atoms with Gasteiger partial charge in [0.05, 0.1) is 12.2 Å². The highest BCUT2D eigenvalue weighted by atomic mass is 15.2. The first-order valence-electron chi connectivity index (χ1n) is 7.76. The molecule has 0 spiro atoms. The van der Waals surface area contributed by atoms with Gasteiger partial charge >= 0.3 is 0 Å². The van der Waals surface area contributed by atoms with Crippen molar-refractivity contribution in [2.45, 2.75) is 59.4 Å². The molecule has 0 aliphatic heterocycles. The first-order valence-corrected chi connectivity index (χ1v) is 7.76. The number of aryl methyl sites for hydroxylation is 3. The van der Waals surface area contributed by atoms with Crippen LogP contribution < -0.4 is 5.32 Å². The van der Waals surface area contributed by atoms with Crippen LogP contribution in [0.3, 0.4) is 0 Å². The van der Waals surface area contributed by atoms with Crippen molar-refractivity contribution in [2.24, 2.45) is 0 Å². The maximum Gasteiger partial charge on any atom is 0.223 e. The molecule has 2 N–H and O–H groups in total. The average Bonchev–Trinajstić information content (AvgIpc) is 2.69. The molecule has 0 saturated carbocycles. The van der Waals surface area contributed by atoms with Crippen LogP contribution in [0, 0.1) is 20.8 Å². The zero-order valence-corrected chi connectivity index (χ0v) is 13.1. The fourth-order valence-corrected chi connectivity index (χ4v) is 2.89. The van der Waals surface area contributed by atoms with Crippen LogP contribution in [-0.4, -0.2) is 20.2 Å². The summed E-state index contributed by atoms with van der Waals surface area (Å²) in [6.07, 6.45) is 6.10. The van der Waals surface area contributed by atoms with E-state index in [0.717, 1.165) is 35.5 Å². The molecule has 2 aromatic heterocycles. The molecule has 21 heavy (non-hydrogen) atoms. The van der Waals surface area contributed by atoms with E-state index in [0.29, 0.717) is 12.5 Å². The molecule has 112 valence electrons. The molecule has 5 nitrogen and oxygen atoms in total. The molecule has 0 saturated heterocycles. The van der Waals surface area contributed by atoms with Crippen molar-refractivity contribution in [3.63, 3.8) is 0 Å². The van der Waals surface area contributed by atoms with Crippen molar-refractivity contribution < 1.29 is 0 Å². The maximum atomic E-state index is 4.50. The van der Waals surface area contributed by atoms with Gasteiger partial charge in [-0.2, -0.15) is 5.10 Å².